The molecule has 0 saturated carbocycles. The van der Waals surface area contributed by atoms with Gasteiger partial charge in [-0.2, -0.15) is 0 Å². The van der Waals surface area contributed by atoms with E-state index in [0.717, 1.165) is 17.7 Å². The average Bonchev–Trinajstić information content (AvgIpc) is 2.69. The molecule has 0 fully saturated rings. The first-order chi connectivity index (χ1) is 12.2. The van der Waals surface area contributed by atoms with Gasteiger partial charge >= 0.3 is 6.09 Å². The van der Waals surface area contributed by atoms with E-state index >= 15 is 0 Å². The summed E-state index contributed by atoms with van der Waals surface area (Å²) in [6, 6.07) is 7.09. The fourth-order valence-corrected chi connectivity index (χ4v) is 2.67. The molecule has 3 N–H and O–H groups in total. The largest absolute Gasteiger partial charge is 0.444 e. The molecule has 0 spiro atoms. The summed E-state index contributed by atoms with van der Waals surface area (Å²) >= 11 is 0. The molecule has 1 atom stereocenters. The molecule has 1 aromatic rings. The molecule has 1 aliphatic rings. The van der Waals surface area contributed by atoms with Crippen LogP contribution in [0.15, 0.2) is 24.3 Å². The predicted octanol–water partition coefficient (Wildman–Crippen LogP) is 2.36. The van der Waals surface area contributed by atoms with Gasteiger partial charge in [-0.1, -0.05) is 18.2 Å². The minimum atomic E-state index is -0.550. The van der Waals surface area contributed by atoms with Crippen LogP contribution in [0.1, 0.15) is 45.6 Å². The van der Waals surface area contributed by atoms with Crippen LogP contribution >= 0.6 is 0 Å². The lowest BCUT2D eigenvalue weighted by atomic mass is 10.1. The van der Waals surface area contributed by atoms with Crippen molar-refractivity contribution in [2.24, 2.45) is 0 Å². The van der Waals surface area contributed by atoms with Crippen LogP contribution in [0.2, 0.25) is 0 Å². The maximum atomic E-state index is 12.3. The van der Waals surface area contributed by atoms with Gasteiger partial charge in [0.2, 0.25) is 11.8 Å². The van der Waals surface area contributed by atoms with Crippen molar-refractivity contribution in [1.29, 1.82) is 0 Å². The first-order valence-electron chi connectivity index (χ1n) is 8.89. The van der Waals surface area contributed by atoms with Crippen LogP contribution in [0.25, 0.3) is 0 Å². The Bertz CT molecular complexity index is 667. The van der Waals surface area contributed by atoms with Crippen molar-refractivity contribution >= 4 is 23.6 Å². The lowest BCUT2D eigenvalue weighted by molar-refractivity contribution is -0.126. The highest BCUT2D eigenvalue weighted by Crippen LogP contribution is 2.21. The second-order valence-electron chi connectivity index (χ2n) is 7.34. The number of rotatable bonds is 5. The van der Waals surface area contributed by atoms with Crippen LogP contribution in [0, 0.1) is 0 Å². The Balaban J connectivity index is 1.71. The molecule has 1 aromatic carbocycles. The van der Waals surface area contributed by atoms with E-state index in [1.807, 2.05) is 24.3 Å². The molecule has 0 radical (unpaired) electrons. The fraction of sp³-hybridized carbons (Fsp3) is 0.526. The van der Waals surface area contributed by atoms with Crippen molar-refractivity contribution in [3.05, 3.63) is 29.8 Å². The number of para-hydroxylation sites is 1. The van der Waals surface area contributed by atoms with E-state index in [-0.39, 0.29) is 18.2 Å². The normalized spacial score (nSPS) is 16.7. The molecule has 0 aromatic heterocycles. The average molecular weight is 361 g/mol. The van der Waals surface area contributed by atoms with E-state index < -0.39 is 17.7 Å². The van der Waals surface area contributed by atoms with Gasteiger partial charge in [0, 0.05) is 18.7 Å². The van der Waals surface area contributed by atoms with Gasteiger partial charge in [-0.3, -0.25) is 9.59 Å². The van der Waals surface area contributed by atoms with E-state index in [1.165, 1.54) is 0 Å². The molecule has 1 unspecified atom stereocenters. The zero-order valence-electron chi connectivity index (χ0n) is 15.6. The molecule has 142 valence electrons. The number of benzene rings is 1. The zero-order valence-corrected chi connectivity index (χ0v) is 15.6. The van der Waals surface area contributed by atoms with Gasteiger partial charge in [0.25, 0.3) is 0 Å². The third-order valence-electron chi connectivity index (χ3n) is 3.88. The van der Waals surface area contributed by atoms with Crippen molar-refractivity contribution in [2.75, 3.05) is 11.9 Å². The fourth-order valence-electron chi connectivity index (χ4n) is 2.67. The molecule has 1 aliphatic heterocycles. The minimum absolute atomic E-state index is 0.199. The molecule has 2 rings (SSSR count). The lowest BCUT2D eigenvalue weighted by Gasteiger charge is -2.19. The summed E-state index contributed by atoms with van der Waals surface area (Å²) < 4.78 is 5.12. The molecular weight excluding hydrogens is 334 g/mol. The first kappa shape index (κ1) is 19.8. The number of nitrogens with one attached hydrogen (secondary N) is 3. The third kappa shape index (κ3) is 6.38. The quantitative estimate of drug-likeness (QED) is 0.702. The van der Waals surface area contributed by atoms with Crippen LogP contribution in [-0.4, -0.2) is 36.1 Å². The Morgan fingerprint density at radius 1 is 1.27 bits per heavy atom. The highest BCUT2D eigenvalue weighted by atomic mass is 16.6. The number of ether oxygens (including phenoxy) is 1. The molecule has 26 heavy (non-hydrogen) atoms. The van der Waals surface area contributed by atoms with Gasteiger partial charge in [-0.25, -0.2) is 4.79 Å². The zero-order chi connectivity index (χ0) is 19.2. The number of hydrogen-bond acceptors (Lipinski definition) is 4. The van der Waals surface area contributed by atoms with E-state index in [2.05, 4.69) is 16.0 Å². The van der Waals surface area contributed by atoms with Gasteiger partial charge in [0.15, 0.2) is 0 Å². The van der Waals surface area contributed by atoms with Crippen LogP contribution < -0.4 is 16.0 Å². The summed E-state index contributed by atoms with van der Waals surface area (Å²) in [6.07, 6.45) is 1.48. The molecule has 7 heteroatoms. The molecule has 3 amide bonds. The monoisotopic (exact) mass is 361 g/mol. The van der Waals surface area contributed by atoms with Gasteiger partial charge in [0.1, 0.15) is 11.6 Å². The van der Waals surface area contributed by atoms with E-state index in [9.17, 15) is 14.4 Å². The Kier molecular flexibility index (Phi) is 6.60. The standard InChI is InChI=1S/C19H27N3O4/c1-19(2,3)26-18(25)20-12-6-9-16(23)21-15-11-10-13-7-4-5-8-14(13)22-17(15)24/h4-5,7-8,15H,6,9-12H2,1-3H3,(H,20,25)(H,21,23)(H,22,24). The molecule has 0 bridgehead atoms. The summed E-state index contributed by atoms with van der Waals surface area (Å²) in [6.45, 7) is 5.70. The first-order valence-corrected chi connectivity index (χ1v) is 8.89. The van der Waals surface area contributed by atoms with Crippen molar-refractivity contribution in [3.8, 4) is 0 Å². The minimum Gasteiger partial charge on any atom is -0.444 e. The third-order valence-corrected chi connectivity index (χ3v) is 3.88. The van der Waals surface area contributed by atoms with Crippen molar-refractivity contribution in [2.45, 2.75) is 58.1 Å². The van der Waals surface area contributed by atoms with Gasteiger partial charge in [-0.15, -0.1) is 0 Å². The predicted molar refractivity (Wildman–Crippen MR) is 98.8 cm³/mol. The van der Waals surface area contributed by atoms with Gasteiger partial charge < -0.3 is 20.7 Å². The Labute approximate surface area is 153 Å². The summed E-state index contributed by atoms with van der Waals surface area (Å²) in [7, 11) is 0. The molecule has 0 aliphatic carbocycles. The number of carbonyl (C=O) groups excluding carboxylic acids is 3. The van der Waals surface area contributed by atoms with E-state index in [1.54, 1.807) is 20.8 Å². The number of fused-ring (bicyclic) bond motifs is 1. The maximum Gasteiger partial charge on any atom is 0.407 e. The maximum absolute atomic E-state index is 12.3. The summed E-state index contributed by atoms with van der Waals surface area (Å²) in [5.74, 6) is -0.405. The van der Waals surface area contributed by atoms with Crippen LogP contribution in [-0.2, 0) is 20.7 Å². The molecule has 7 nitrogen and oxygen atoms in total. The van der Waals surface area contributed by atoms with E-state index in [0.29, 0.717) is 19.4 Å². The topological polar surface area (TPSA) is 96.5 Å². The highest BCUT2D eigenvalue weighted by molar-refractivity contribution is 5.98. The van der Waals surface area contributed by atoms with Gasteiger partial charge in [0.05, 0.1) is 0 Å². The van der Waals surface area contributed by atoms with Crippen molar-refractivity contribution in [1.82, 2.24) is 10.6 Å². The summed E-state index contributed by atoms with van der Waals surface area (Å²) in [5, 5.41) is 8.24. The number of carbonyl (C=O) groups is 3. The number of alkyl carbamates (subject to hydrolysis) is 1. The van der Waals surface area contributed by atoms with Crippen LogP contribution in [0.3, 0.4) is 0 Å². The van der Waals surface area contributed by atoms with Crippen molar-refractivity contribution in [3.63, 3.8) is 0 Å². The second-order valence-corrected chi connectivity index (χ2v) is 7.34. The smallest absolute Gasteiger partial charge is 0.407 e. The molecular formula is C19H27N3O4. The number of aryl methyl sites for hydroxylation is 1. The summed E-state index contributed by atoms with van der Waals surface area (Å²) in [5.41, 5.74) is 1.32. The number of hydrogen-bond donors (Lipinski definition) is 3. The van der Waals surface area contributed by atoms with Crippen molar-refractivity contribution < 1.29 is 19.1 Å². The Morgan fingerprint density at radius 3 is 2.73 bits per heavy atom. The Morgan fingerprint density at radius 2 is 2.00 bits per heavy atom. The lowest BCUT2D eigenvalue weighted by Crippen LogP contribution is -2.43. The van der Waals surface area contributed by atoms with Crippen LogP contribution in [0.4, 0.5) is 10.5 Å². The number of amides is 3. The van der Waals surface area contributed by atoms with Gasteiger partial charge in [-0.05, 0) is 51.7 Å². The second kappa shape index (κ2) is 8.69. The highest BCUT2D eigenvalue weighted by Gasteiger charge is 2.24. The van der Waals surface area contributed by atoms with Crippen LogP contribution in [0.5, 0.6) is 0 Å². The van der Waals surface area contributed by atoms with E-state index in [4.69, 9.17) is 4.74 Å². The molecule has 1 heterocycles. The Hall–Kier alpha value is -2.57. The SMILES string of the molecule is CC(C)(C)OC(=O)NCCCC(=O)NC1CCc2ccccc2NC1=O. The molecule has 0 saturated heterocycles. The number of anilines is 1. The summed E-state index contributed by atoms with van der Waals surface area (Å²) in [4.78, 5) is 35.9.